The van der Waals surface area contributed by atoms with Gasteiger partial charge in [0.05, 0.1) is 17.3 Å². The van der Waals surface area contributed by atoms with Crippen molar-refractivity contribution in [1.82, 2.24) is 10.3 Å². The van der Waals surface area contributed by atoms with E-state index in [0.717, 1.165) is 23.4 Å². The van der Waals surface area contributed by atoms with Crippen molar-refractivity contribution < 1.29 is 5.11 Å². The van der Waals surface area contributed by atoms with Gasteiger partial charge in [0.15, 0.2) is 5.88 Å². The van der Waals surface area contributed by atoms with E-state index in [-0.39, 0.29) is 17.6 Å². The maximum absolute atomic E-state index is 10.7. The average Bonchev–Trinajstić information content (AvgIpc) is 3.13. The molecule has 0 aliphatic heterocycles. The summed E-state index contributed by atoms with van der Waals surface area (Å²) in [5.74, 6) is 0.607. The molecular weight excluding hydrogens is 422 g/mol. The number of aryl methyl sites for hydroxylation is 2. The molecule has 0 fully saturated rings. The molecule has 1 heterocycles. The molecule has 4 N–H and O–H groups in total. The molecule has 178 valence electrons. The molecule has 0 bridgehead atoms. The highest BCUT2D eigenvalue weighted by molar-refractivity contribution is 6.09. The zero-order valence-corrected chi connectivity index (χ0v) is 21.0. The smallest absolute Gasteiger partial charge is 0.198 e. The monoisotopic (exact) mass is 457 g/mol. The number of fused-ring (bicyclic) bond motifs is 1. The molecule has 0 saturated heterocycles. The Hall–Kier alpha value is -3.59. The molecule has 6 nitrogen and oxygen atoms in total. The van der Waals surface area contributed by atoms with Crippen LogP contribution in [0.25, 0.3) is 12.2 Å². The third kappa shape index (κ3) is 5.31. The van der Waals surface area contributed by atoms with Gasteiger partial charge in [0.1, 0.15) is 11.4 Å². The number of hydrogen-bond donors (Lipinski definition) is 4. The van der Waals surface area contributed by atoms with Crippen molar-refractivity contribution in [3.63, 3.8) is 0 Å². The van der Waals surface area contributed by atoms with Crippen LogP contribution in [0.3, 0.4) is 0 Å². The van der Waals surface area contributed by atoms with E-state index in [1.807, 2.05) is 0 Å². The van der Waals surface area contributed by atoms with Crippen LogP contribution in [0.1, 0.15) is 69.2 Å². The Kier molecular flexibility index (Phi) is 7.46. The van der Waals surface area contributed by atoms with Crippen molar-refractivity contribution in [3.05, 3.63) is 63.3 Å². The highest BCUT2D eigenvalue weighted by atomic mass is 16.3. The van der Waals surface area contributed by atoms with Gasteiger partial charge in [0, 0.05) is 22.7 Å². The van der Waals surface area contributed by atoms with Gasteiger partial charge in [-0.2, -0.15) is 5.26 Å². The van der Waals surface area contributed by atoms with E-state index in [4.69, 9.17) is 10.7 Å². The van der Waals surface area contributed by atoms with Crippen molar-refractivity contribution >= 4 is 23.7 Å². The van der Waals surface area contributed by atoms with Crippen LogP contribution < -0.4 is 15.9 Å². The lowest BCUT2D eigenvalue weighted by molar-refractivity contribution is 0.455. The summed E-state index contributed by atoms with van der Waals surface area (Å²) in [6.07, 6.45) is 9.49. The summed E-state index contributed by atoms with van der Waals surface area (Å²) >= 11 is 0. The number of rotatable bonds is 7. The van der Waals surface area contributed by atoms with Gasteiger partial charge in [-0.1, -0.05) is 44.2 Å². The molecular formula is C28H35N5O. The topological polar surface area (TPSA) is 108 Å². The average molecular weight is 458 g/mol. The van der Waals surface area contributed by atoms with Crippen LogP contribution in [0.4, 0.5) is 0 Å². The molecule has 0 spiro atoms. The minimum atomic E-state index is -0.726. The zero-order chi connectivity index (χ0) is 25.0. The summed E-state index contributed by atoms with van der Waals surface area (Å²) in [5.41, 5.74) is 4.35. The Morgan fingerprint density at radius 3 is 2.71 bits per heavy atom. The van der Waals surface area contributed by atoms with Gasteiger partial charge in [0.25, 0.3) is 0 Å². The number of benzene rings is 1. The molecule has 0 saturated carbocycles. The fraction of sp³-hybridized carbons (Fsp3) is 0.393. The second kappa shape index (κ2) is 10.1. The summed E-state index contributed by atoms with van der Waals surface area (Å²) in [4.78, 5) is 7.51. The first-order chi connectivity index (χ1) is 16.1. The number of amidine groups is 1. The van der Waals surface area contributed by atoms with Crippen LogP contribution in [-0.4, -0.2) is 27.2 Å². The molecule has 1 aromatic carbocycles. The van der Waals surface area contributed by atoms with Crippen molar-refractivity contribution in [2.45, 2.75) is 65.8 Å². The van der Waals surface area contributed by atoms with E-state index >= 15 is 0 Å². The molecule has 6 heteroatoms. The number of nitriles is 1. The van der Waals surface area contributed by atoms with Crippen LogP contribution >= 0.6 is 0 Å². The number of hydrogen-bond acceptors (Lipinski definition) is 4. The van der Waals surface area contributed by atoms with E-state index in [2.05, 4.69) is 72.5 Å². The van der Waals surface area contributed by atoms with Crippen molar-refractivity contribution in [2.75, 3.05) is 0 Å². The number of nitrogens with one attached hydrogen (secondary N) is 3. The second-order valence-electron chi connectivity index (χ2n) is 9.45. The van der Waals surface area contributed by atoms with Crippen molar-refractivity contribution in [2.24, 2.45) is 10.9 Å². The summed E-state index contributed by atoms with van der Waals surface area (Å²) in [6.45, 7) is 11.8. The maximum atomic E-state index is 10.7. The van der Waals surface area contributed by atoms with Gasteiger partial charge in [-0.15, -0.1) is 0 Å². The molecule has 3 rings (SSSR count). The maximum Gasteiger partial charge on any atom is 0.198 e. The molecule has 1 aromatic heterocycles. The summed E-state index contributed by atoms with van der Waals surface area (Å²) < 4.78 is 0. The first-order valence-electron chi connectivity index (χ1n) is 11.8. The fourth-order valence-electron chi connectivity index (χ4n) is 4.41. The second-order valence-corrected chi connectivity index (χ2v) is 9.45. The summed E-state index contributed by atoms with van der Waals surface area (Å²) in [7, 11) is 0. The van der Waals surface area contributed by atoms with E-state index in [0.29, 0.717) is 17.2 Å². The minimum absolute atomic E-state index is 0.0300. The zero-order valence-electron chi connectivity index (χ0n) is 21.0. The molecule has 0 radical (unpaired) electrons. The van der Waals surface area contributed by atoms with Gasteiger partial charge < -0.3 is 15.4 Å². The highest BCUT2D eigenvalue weighted by Gasteiger charge is 2.25. The SMILES string of the molecule is CCc1ccc(C)c(C2C=c3c(C(C)=NC(=N)/C=C\NC(C)(C)C#N)c(O)[nH]c3=CC2CC)c1. The van der Waals surface area contributed by atoms with Gasteiger partial charge in [0.2, 0.25) is 0 Å². The van der Waals surface area contributed by atoms with Crippen LogP contribution in [0.5, 0.6) is 5.88 Å². The number of aromatic hydroxyl groups is 1. The predicted molar refractivity (Wildman–Crippen MR) is 140 cm³/mol. The lowest BCUT2D eigenvalue weighted by Crippen LogP contribution is -2.34. The largest absolute Gasteiger partial charge is 0.494 e. The highest BCUT2D eigenvalue weighted by Crippen LogP contribution is 2.34. The summed E-state index contributed by atoms with van der Waals surface area (Å²) in [5, 5.41) is 32.8. The standard InChI is InChI=1S/C28H35N5O/c1-7-19-10-9-17(3)21(13-19)22-15-23-24(14-20(22)8-2)33-27(34)26(23)18(4)32-25(30)11-12-31-28(5,6)16-29/h9-15,20,22,30-31,33-34H,7-8H2,1-6H3/b12-11-,30-25?,32-18?. The lowest BCUT2D eigenvalue weighted by Gasteiger charge is -2.25. The number of aromatic amines is 1. The predicted octanol–water partition coefficient (Wildman–Crippen LogP) is 4.17. The van der Waals surface area contributed by atoms with Crippen molar-refractivity contribution in [1.29, 1.82) is 10.7 Å². The number of aliphatic imine (C=N–C) groups is 1. The lowest BCUT2D eigenvalue weighted by atomic mass is 9.78. The van der Waals surface area contributed by atoms with E-state index in [1.165, 1.54) is 22.8 Å². The first-order valence-corrected chi connectivity index (χ1v) is 11.8. The van der Waals surface area contributed by atoms with Gasteiger partial charge in [-0.3, -0.25) is 5.41 Å². The Labute approximate surface area is 202 Å². The van der Waals surface area contributed by atoms with Gasteiger partial charge in [-0.25, -0.2) is 4.99 Å². The van der Waals surface area contributed by atoms with Gasteiger partial charge >= 0.3 is 0 Å². The molecule has 1 aliphatic rings. The molecule has 2 unspecified atom stereocenters. The summed E-state index contributed by atoms with van der Waals surface area (Å²) in [6, 6.07) is 8.83. The minimum Gasteiger partial charge on any atom is -0.494 e. The molecule has 34 heavy (non-hydrogen) atoms. The molecule has 2 atom stereocenters. The molecule has 0 amide bonds. The quantitative estimate of drug-likeness (QED) is 0.370. The number of H-pyrrole nitrogens is 1. The van der Waals surface area contributed by atoms with Crippen LogP contribution in [0.2, 0.25) is 0 Å². The Balaban J connectivity index is 2.03. The van der Waals surface area contributed by atoms with E-state index in [9.17, 15) is 5.11 Å². The van der Waals surface area contributed by atoms with Gasteiger partial charge in [-0.05, 0) is 69.2 Å². The van der Waals surface area contributed by atoms with Crippen molar-refractivity contribution in [3.8, 4) is 11.9 Å². The van der Waals surface area contributed by atoms with E-state index in [1.54, 1.807) is 27.0 Å². The van der Waals surface area contributed by atoms with Crippen LogP contribution in [-0.2, 0) is 6.42 Å². The Bertz CT molecular complexity index is 1300. The number of aromatic nitrogens is 1. The normalized spacial score (nSPS) is 18.1. The van der Waals surface area contributed by atoms with Crippen LogP contribution in [0.15, 0.2) is 35.5 Å². The number of nitrogens with zero attached hydrogens (tertiary/aromatic N) is 2. The first kappa shape index (κ1) is 25.0. The third-order valence-corrected chi connectivity index (χ3v) is 6.43. The molecule has 2 aromatic rings. The molecule has 1 aliphatic carbocycles. The Morgan fingerprint density at radius 2 is 2.06 bits per heavy atom. The Morgan fingerprint density at radius 1 is 1.32 bits per heavy atom. The third-order valence-electron chi connectivity index (χ3n) is 6.43. The fourth-order valence-corrected chi connectivity index (χ4v) is 4.41. The van der Waals surface area contributed by atoms with Crippen LogP contribution in [0, 0.1) is 29.6 Å². The van der Waals surface area contributed by atoms with E-state index < -0.39 is 5.54 Å².